The van der Waals surface area contributed by atoms with Crippen molar-refractivity contribution in [3.8, 4) is 0 Å². The van der Waals surface area contributed by atoms with Gasteiger partial charge in [0, 0.05) is 13.5 Å². The highest BCUT2D eigenvalue weighted by Crippen LogP contribution is 2.36. The fraction of sp³-hybridized carbons (Fsp3) is 0.929. The Labute approximate surface area is 99.8 Å². The highest BCUT2D eigenvalue weighted by atomic mass is 16.5. The first-order chi connectivity index (χ1) is 7.35. The molecule has 1 rings (SSSR count). The highest BCUT2D eigenvalue weighted by Gasteiger charge is 2.36. The predicted molar refractivity (Wildman–Crippen MR) is 66.4 cm³/mol. The van der Waals surface area contributed by atoms with Gasteiger partial charge in [0.2, 0.25) is 0 Å². The van der Waals surface area contributed by atoms with Crippen LogP contribution >= 0.6 is 0 Å². The molecule has 1 aliphatic rings. The third-order valence-corrected chi connectivity index (χ3v) is 3.59. The molecule has 0 heterocycles. The minimum absolute atomic E-state index is 0.0652. The molecule has 0 aromatic carbocycles. The third-order valence-electron chi connectivity index (χ3n) is 3.59. The lowest BCUT2D eigenvalue weighted by atomic mass is 9.83. The van der Waals surface area contributed by atoms with Crippen molar-refractivity contribution < 1.29 is 9.53 Å². The van der Waals surface area contributed by atoms with Gasteiger partial charge in [-0.3, -0.25) is 4.79 Å². The van der Waals surface area contributed by atoms with Gasteiger partial charge in [-0.15, -0.1) is 0 Å². The third kappa shape index (κ3) is 3.58. The zero-order chi connectivity index (χ0) is 12.3. The molecule has 3 atom stereocenters. The Morgan fingerprint density at radius 2 is 2.00 bits per heavy atom. The van der Waals surface area contributed by atoms with Crippen molar-refractivity contribution in [2.24, 2.45) is 17.3 Å². The molecule has 3 unspecified atom stereocenters. The van der Waals surface area contributed by atoms with E-state index in [2.05, 4.69) is 27.7 Å². The summed E-state index contributed by atoms with van der Waals surface area (Å²) in [5.41, 5.74) is 0.0652. The van der Waals surface area contributed by atoms with Crippen LogP contribution < -0.4 is 0 Å². The first-order valence-corrected chi connectivity index (χ1v) is 6.40. The SMILES string of the molecule is COC(C(=O)CC(C)(C)C)C1CCCC1C. The minimum Gasteiger partial charge on any atom is -0.373 e. The molecule has 0 aromatic heterocycles. The zero-order valence-electron chi connectivity index (χ0n) is 11.4. The topological polar surface area (TPSA) is 26.3 Å². The van der Waals surface area contributed by atoms with Crippen LogP contribution in [0, 0.1) is 17.3 Å². The Bertz CT molecular complexity index is 240. The Kier molecular flexibility index (Phi) is 4.54. The molecular weight excluding hydrogens is 200 g/mol. The summed E-state index contributed by atoms with van der Waals surface area (Å²) in [7, 11) is 1.68. The van der Waals surface area contributed by atoms with Crippen molar-refractivity contribution in [2.75, 3.05) is 7.11 Å². The second-order valence-corrected chi connectivity index (χ2v) is 6.43. The van der Waals surface area contributed by atoms with Gasteiger partial charge in [0.05, 0.1) is 0 Å². The normalized spacial score (nSPS) is 28.1. The summed E-state index contributed by atoms with van der Waals surface area (Å²) in [5.74, 6) is 1.36. The van der Waals surface area contributed by atoms with Gasteiger partial charge in [-0.25, -0.2) is 0 Å². The second-order valence-electron chi connectivity index (χ2n) is 6.43. The van der Waals surface area contributed by atoms with Gasteiger partial charge in [0.1, 0.15) is 6.10 Å². The Hall–Kier alpha value is -0.370. The van der Waals surface area contributed by atoms with Crippen LogP contribution in [0.4, 0.5) is 0 Å². The van der Waals surface area contributed by atoms with Crippen LogP contribution in [0.3, 0.4) is 0 Å². The summed E-state index contributed by atoms with van der Waals surface area (Å²) >= 11 is 0. The van der Waals surface area contributed by atoms with E-state index < -0.39 is 0 Å². The molecule has 0 aromatic rings. The molecule has 0 aliphatic heterocycles. The molecule has 0 radical (unpaired) electrons. The molecule has 0 spiro atoms. The lowest BCUT2D eigenvalue weighted by molar-refractivity contribution is -0.134. The van der Waals surface area contributed by atoms with E-state index in [-0.39, 0.29) is 17.3 Å². The van der Waals surface area contributed by atoms with E-state index in [1.165, 1.54) is 12.8 Å². The summed E-state index contributed by atoms with van der Waals surface area (Å²) in [6, 6.07) is 0. The van der Waals surface area contributed by atoms with E-state index in [1.807, 2.05) is 0 Å². The fourth-order valence-electron chi connectivity index (χ4n) is 2.79. The molecule has 1 aliphatic carbocycles. The fourth-order valence-corrected chi connectivity index (χ4v) is 2.79. The number of ketones is 1. The van der Waals surface area contributed by atoms with Crippen LogP contribution in [0.15, 0.2) is 0 Å². The van der Waals surface area contributed by atoms with Gasteiger partial charge >= 0.3 is 0 Å². The zero-order valence-corrected chi connectivity index (χ0v) is 11.4. The van der Waals surface area contributed by atoms with E-state index in [9.17, 15) is 4.79 Å². The molecule has 0 N–H and O–H groups in total. The maximum atomic E-state index is 12.2. The van der Waals surface area contributed by atoms with Gasteiger partial charge in [-0.1, -0.05) is 40.5 Å². The molecule has 2 nitrogen and oxygen atoms in total. The number of ether oxygens (including phenoxy) is 1. The van der Waals surface area contributed by atoms with E-state index >= 15 is 0 Å². The van der Waals surface area contributed by atoms with Gasteiger partial charge in [0.25, 0.3) is 0 Å². The summed E-state index contributed by atoms with van der Waals surface area (Å²) in [5, 5.41) is 0. The summed E-state index contributed by atoms with van der Waals surface area (Å²) in [6.07, 6.45) is 4.09. The number of Topliss-reactive ketones (excluding diaryl/α,β-unsaturated/α-hetero) is 1. The monoisotopic (exact) mass is 226 g/mol. The standard InChI is InChI=1S/C14H26O2/c1-10-7-6-8-11(10)13(16-5)12(15)9-14(2,3)4/h10-11,13H,6-9H2,1-5H3. The average Bonchev–Trinajstić information content (AvgIpc) is 2.50. The molecule has 16 heavy (non-hydrogen) atoms. The number of hydrogen-bond acceptors (Lipinski definition) is 2. The summed E-state index contributed by atoms with van der Waals surface area (Å²) in [4.78, 5) is 12.2. The molecule has 1 saturated carbocycles. The van der Waals surface area contributed by atoms with Crippen molar-refractivity contribution in [1.29, 1.82) is 0 Å². The number of hydrogen-bond donors (Lipinski definition) is 0. The van der Waals surface area contributed by atoms with Crippen LogP contribution in [-0.2, 0) is 9.53 Å². The largest absolute Gasteiger partial charge is 0.373 e. The molecule has 0 bridgehead atoms. The van der Waals surface area contributed by atoms with Crippen LogP contribution in [0.1, 0.15) is 53.4 Å². The van der Waals surface area contributed by atoms with Crippen LogP contribution in [0.25, 0.3) is 0 Å². The van der Waals surface area contributed by atoms with Gasteiger partial charge in [0.15, 0.2) is 5.78 Å². The molecular formula is C14H26O2. The molecule has 1 fully saturated rings. The maximum Gasteiger partial charge on any atom is 0.162 e. The van der Waals surface area contributed by atoms with E-state index in [4.69, 9.17) is 4.74 Å². The Morgan fingerprint density at radius 1 is 1.38 bits per heavy atom. The van der Waals surface area contributed by atoms with Crippen molar-refractivity contribution >= 4 is 5.78 Å². The minimum atomic E-state index is -0.170. The number of methoxy groups -OCH3 is 1. The highest BCUT2D eigenvalue weighted by molar-refractivity contribution is 5.84. The van der Waals surface area contributed by atoms with Gasteiger partial charge < -0.3 is 4.74 Å². The van der Waals surface area contributed by atoms with Crippen LogP contribution in [-0.4, -0.2) is 19.0 Å². The van der Waals surface area contributed by atoms with Gasteiger partial charge in [-0.2, -0.15) is 0 Å². The lowest BCUT2D eigenvalue weighted by Gasteiger charge is -2.27. The Balaban J connectivity index is 2.63. The van der Waals surface area contributed by atoms with E-state index in [0.29, 0.717) is 18.3 Å². The van der Waals surface area contributed by atoms with E-state index in [0.717, 1.165) is 6.42 Å². The molecule has 94 valence electrons. The predicted octanol–water partition coefficient (Wildman–Crippen LogP) is 3.44. The van der Waals surface area contributed by atoms with Crippen molar-refractivity contribution in [3.63, 3.8) is 0 Å². The first-order valence-electron chi connectivity index (χ1n) is 6.40. The summed E-state index contributed by atoms with van der Waals surface area (Å²) in [6.45, 7) is 8.56. The average molecular weight is 226 g/mol. The smallest absolute Gasteiger partial charge is 0.162 e. The summed E-state index contributed by atoms with van der Waals surface area (Å²) < 4.78 is 5.46. The molecule has 2 heteroatoms. The van der Waals surface area contributed by atoms with Gasteiger partial charge in [-0.05, 0) is 23.7 Å². The van der Waals surface area contributed by atoms with E-state index in [1.54, 1.807) is 7.11 Å². The lowest BCUT2D eigenvalue weighted by Crippen LogP contribution is -2.35. The maximum absolute atomic E-state index is 12.2. The quantitative estimate of drug-likeness (QED) is 0.734. The number of carbonyl (C=O) groups is 1. The van der Waals surface area contributed by atoms with Crippen molar-refractivity contribution in [2.45, 2.75) is 59.5 Å². The first kappa shape index (κ1) is 13.7. The van der Waals surface area contributed by atoms with Crippen LogP contribution in [0.5, 0.6) is 0 Å². The van der Waals surface area contributed by atoms with Crippen molar-refractivity contribution in [1.82, 2.24) is 0 Å². The number of rotatable bonds is 4. The number of carbonyl (C=O) groups excluding carboxylic acids is 1. The Morgan fingerprint density at radius 3 is 2.38 bits per heavy atom. The molecule has 0 saturated heterocycles. The molecule has 0 amide bonds. The van der Waals surface area contributed by atoms with Crippen molar-refractivity contribution in [3.05, 3.63) is 0 Å². The van der Waals surface area contributed by atoms with Crippen LogP contribution in [0.2, 0.25) is 0 Å². The second kappa shape index (κ2) is 5.31.